The normalized spacial score (nSPS) is 15.1. The van der Waals surface area contributed by atoms with Crippen molar-refractivity contribution in [3.63, 3.8) is 0 Å². The second-order valence-corrected chi connectivity index (χ2v) is 8.93. The van der Waals surface area contributed by atoms with Crippen LogP contribution in [0, 0.1) is 18.3 Å². The van der Waals surface area contributed by atoms with E-state index in [-0.39, 0.29) is 11.1 Å². The summed E-state index contributed by atoms with van der Waals surface area (Å²) in [6.07, 6.45) is 3.51. The molecular formula is C23H13N3O2S2. The molecule has 0 saturated carbocycles. The summed E-state index contributed by atoms with van der Waals surface area (Å²) in [5.41, 5.74) is 4.54. The molecule has 2 amide bonds. The Morgan fingerprint density at radius 1 is 1.10 bits per heavy atom. The fourth-order valence-corrected chi connectivity index (χ4v) is 5.55. The largest absolute Gasteiger partial charge is 0.290 e. The van der Waals surface area contributed by atoms with Crippen LogP contribution in [0.3, 0.4) is 0 Å². The van der Waals surface area contributed by atoms with Crippen molar-refractivity contribution >= 4 is 61.3 Å². The van der Waals surface area contributed by atoms with Crippen molar-refractivity contribution in [2.24, 2.45) is 0 Å². The molecule has 2 aromatic heterocycles. The summed E-state index contributed by atoms with van der Waals surface area (Å²) in [6.45, 7) is 2.09. The quantitative estimate of drug-likeness (QED) is 0.420. The zero-order chi connectivity index (χ0) is 20.8. The number of aryl methyl sites for hydroxylation is 1. The minimum atomic E-state index is -0.370. The first-order chi connectivity index (χ1) is 14.5. The highest BCUT2D eigenvalue weighted by atomic mass is 32.2. The van der Waals surface area contributed by atoms with E-state index in [1.165, 1.54) is 0 Å². The molecule has 1 aliphatic rings. The lowest BCUT2D eigenvalue weighted by Crippen LogP contribution is -2.17. The van der Waals surface area contributed by atoms with Crippen LogP contribution in [0.1, 0.15) is 16.7 Å². The maximum atomic E-state index is 11.9. The molecule has 0 radical (unpaired) electrons. The Morgan fingerprint density at radius 3 is 2.73 bits per heavy atom. The Morgan fingerprint density at radius 2 is 1.97 bits per heavy atom. The van der Waals surface area contributed by atoms with Crippen molar-refractivity contribution in [1.29, 1.82) is 5.26 Å². The van der Waals surface area contributed by atoms with Gasteiger partial charge in [0.05, 0.1) is 22.1 Å². The second-order valence-electron chi connectivity index (χ2n) is 6.87. The van der Waals surface area contributed by atoms with E-state index in [2.05, 4.69) is 23.3 Å². The topological polar surface area (TPSA) is 82.8 Å². The molecule has 0 spiro atoms. The predicted molar refractivity (Wildman–Crippen MR) is 121 cm³/mol. The standard InChI is InChI=1S/C23H13N3O2S2/c1-12-15-4-2-14(11-24)10-19(15)29-21(12)16-6-7-25-18-5-3-13(8-17(16)18)9-20-22(27)26-23(28)30-20/h2-10H,1H3,(H,26,27,28)/b20-9-. The molecule has 7 heteroatoms. The number of rotatable bonds is 2. The number of thioether (sulfide) groups is 1. The first-order valence-corrected chi connectivity index (χ1v) is 10.7. The third-order valence-corrected chi connectivity index (χ3v) is 7.12. The molecule has 3 heterocycles. The van der Waals surface area contributed by atoms with Crippen LogP contribution in [0.2, 0.25) is 0 Å². The summed E-state index contributed by atoms with van der Waals surface area (Å²) >= 11 is 2.56. The summed E-state index contributed by atoms with van der Waals surface area (Å²) in [4.78, 5) is 29.3. The van der Waals surface area contributed by atoms with E-state index in [9.17, 15) is 14.9 Å². The van der Waals surface area contributed by atoms with Crippen LogP contribution in [0.5, 0.6) is 0 Å². The summed E-state index contributed by atoms with van der Waals surface area (Å²) in [6, 6.07) is 15.7. The van der Waals surface area contributed by atoms with Gasteiger partial charge in [-0.15, -0.1) is 11.3 Å². The Kier molecular flexibility index (Phi) is 4.39. The summed E-state index contributed by atoms with van der Waals surface area (Å²) in [5.74, 6) is -0.370. The van der Waals surface area contributed by atoms with Crippen molar-refractivity contribution in [2.75, 3.05) is 0 Å². The lowest BCUT2D eigenvalue weighted by Gasteiger charge is -2.07. The van der Waals surface area contributed by atoms with Crippen molar-refractivity contribution in [3.05, 3.63) is 70.3 Å². The Bertz CT molecular complexity index is 1460. The Labute approximate surface area is 180 Å². The third kappa shape index (κ3) is 3.07. The minimum absolute atomic E-state index is 0.355. The highest BCUT2D eigenvalue weighted by Crippen LogP contribution is 2.41. The summed E-state index contributed by atoms with van der Waals surface area (Å²) in [5, 5.41) is 13.2. The lowest BCUT2D eigenvalue weighted by molar-refractivity contribution is -0.115. The van der Waals surface area contributed by atoms with Crippen LogP contribution >= 0.6 is 23.1 Å². The smallest absolute Gasteiger partial charge is 0.282 e. The van der Waals surface area contributed by atoms with Gasteiger partial charge in [0.25, 0.3) is 11.1 Å². The van der Waals surface area contributed by atoms with Crippen molar-refractivity contribution < 1.29 is 9.59 Å². The predicted octanol–water partition coefficient (Wildman–Crippen LogP) is 5.62. The van der Waals surface area contributed by atoms with Gasteiger partial charge in [0.15, 0.2) is 0 Å². The first-order valence-electron chi connectivity index (χ1n) is 9.11. The number of aromatic nitrogens is 1. The monoisotopic (exact) mass is 427 g/mol. The molecule has 0 atom stereocenters. The highest BCUT2D eigenvalue weighted by Gasteiger charge is 2.25. The molecule has 1 saturated heterocycles. The van der Waals surface area contributed by atoms with E-state index in [0.717, 1.165) is 54.3 Å². The number of nitriles is 1. The van der Waals surface area contributed by atoms with Crippen molar-refractivity contribution in [2.45, 2.75) is 6.92 Å². The van der Waals surface area contributed by atoms with Crippen LogP contribution in [0.25, 0.3) is 37.5 Å². The maximum absolute atomic E-state index is 11.9. The van der Waals surface area contributed by atoms with Gasteiger partial charge in [-0.25, -0.2) is 0 Å². The molecule has 1 N–H and O–H groups in total. The van der Waals surface area contributed by atoms with Gasteiger partial charge in [-0.2, -0.15) is 5.26 Å². The van der Waals surface area contributed by atoms with E-state index < -0.39 is 0 Å². The molecule has 1 aliphatic heterocycles. The molecule has 0 unspecified atom stereocenters. The van der Waals surface area contributed by atoms with Crippen molar-refractivity contribution in [3.8, 4) is 16.5 Å². The average molecular weight is 428 g/mol. The molecule has 5 rings (SSSR count). The number of nitrogens with zero attached hydrogens (tertiary/aromatic N) is 2. The van der Waals surface area contributed by atoms with E-state index >= 15 is 0 Å². The van der Waals surface area contributed by atoms with E-state index in [1.807, 2.05) is 42.5 Å². The van der Waals surface area contributed by atoms with Gasteiger partial charge in [0, 0.05) is 26.7 Å². The van der Waals surface area contributed by atoms with Crippen LogP contribution in [-0.4, -0.2) is 16.1 Å². The van der Waals surface area contributed by atoms with E-state index in [0.29, 0.717) is 10.5 Å². The number of thiophene rings is 1. The molecule has 4 aromatic rings. The molecule has 0 aliphatic carbocycles. The van der Waals surface area contributed by atoms with Crippen LogP contribution in [-0.2, 0) is 4.79 Å². The molecule has 5 nitrogen and oxygen atoms in total. The fourth-order valence-electron chi connectivity index (χ4n) is 3.58. The van der Waals surface area contributed by atoms with Crippen molar-refractivity contribution in [1.82, 2.24) is 10.3 Å². The molecule has 2 aromatic carbocycles. The highest BCUT2D eigenvalue weighted by molar-refractivity contribution is 8.18. The number of imide groups is 1. The molecule has 30 heavy (non-hydrogen) atoms. The fraction of sp³-hybridized carbons (Fsp3) is 0.0435. The Balaban J connectivity index is 1.69. The maximum Gasteiger partial charge on any atom is 0.290 e. The SMILES string of the molecule is Cc1c(-c2ccnc3ccc(/C=C4\SC(=O)NC4=O)cc23)sc2cc(C#N)ccc12. The number of carbonyl (C=O) groups is 2. The first kappa shape index (κ1) is 18.6. The summed E-state index contributed by atoms with van der Waals surface area (Å²) in [7, 11) is 0. The molecule has 144 valence electrons. The average Bonchev–Trinajstić information content (AvgIpc) is 3.25. The van der Waals surface area contributed by atoms with Crippen LogP contribution < -0.4 is 5.32 Å². The van der Waals surface area contributed by atoms with Gasteiger partial charge in [-0.3, -0.25) is 19.9 Å². The molecular weight excluding hydrogens is 414 g/mol. The van der Waals surface area contributed by atoms with Gasteiger partial charge in [-0.05, 0) is 71.6 Å². The molecule has 1 fully saturated rings. The number of carbonyl (C=O) groups excluding carboxylic acids is 2. The van der Waals surface area contributed by atoms with Gasteiger partial charge >= 0.3 is 0 Å². The van der Waals surface area contributed by atoms with Gasteiger partial charge < -0.3 is 0 Å². The van der Waals surface area contributed by atoms with E-state index in [1.54, 1.807) is 23.6 Å². The number of nitrogens with one attached hydrogen (secondary N) is 1. The second kappa shape index (κ2) is 7.10. The lowest BCUT2D eigenvalue weighted by atomic mass is 10.0. The van der Waals surface area contributed by atoms with Gasteiger partial charge in [0.2, 0.25) is 0 Å². The number of benzene rings is 2. The minimum Gasteiger partial charge on any atom is -0.282 e. The van der Waals surface area contributed by atoms with Crippen LogP contribution in [0.4, 0.5) is 4.79 Å². The number of hydrogen-bond acceptors (Lipinski definition) is 6. The Hall–Kier alpha value is -3.47. The number of pyridine rings is 1. The number of hydrogen-bond donors (Lipinski definition) is 1. The molecule has 0 bridgehead atoms. The zero-order valence-electron chi connectivity index (χ0n) is 15.7. The number of amides is 2. The van der Waals surface area contributed by atoms with Crippen LogP contribution in [0.15, 0.2) is 53.6 Å². The third-order valence-electron chi connectivity index (χ3n) is 5.02. The van der Waals surface area contributed by atoms with Gasteiger partial charge in [-0.1, -0.05) is 12.1 Å². The number of fused-ring (bicyclic) bond motifs is 2. The zero-order valence-corrected chi connectivity index (χ0v) is 17.4. The summed E-state index contributed by atoms with van der Waals surface area (Å²) < 4.78 is 1.07. The van der Waals surface area contributed by atoms with Gasteiger partial charge in [0.1, 0.15) is 0 Å². The van der Waals surface area contributed by atoms with E-state index in [4.69, 9.17) is 0 Å².